The van der Waals surface area contributed by atoms with Crippen LogP contribution in [0.3, 0.4) is 0 Å². The normalized spacial score (nSPS) is 19.9. The van der Waals surface area contributed by atoms with Crippen LogP contribution >= 0.6 is 0 Å². The van der Waals surface area contributed by atoms with E-state index in [0.29, 0.717) is 18.2 Å². The minimum absolute atomic E-state index is 0.320. The predicted octanol–water partition coefficient (Wildman–Crippen LogP) is 3.77. The Morgan fingerprint density at radius 3 is 2.47 bits per heavy atom. The lowest BCUT2D eigenvalue weighted by molar-refractivity contribution is -0.127. The summed E-state index contributed by atoms with van der Waals surface area (Å²) in [6, 6.07) is 0. The number of rotatable bonds is 9. The molecule has 1 unspecified atom stereocenters. The number of carbonyl (C=O) groups is 1. The van der Waals surface area contributed by atoms with Crippen molar-refractivity contribution in [2.75, 3.05) is 13.1 Å². The Bertz CT molecular complexity index is 237. The van der Waals surface area contributed by atoms with E-state index in [2.05, 4.69) is 13.5 Å². The second kappa shape index (κ2) is 8.32. The fourth-order valence-electron chi connectivity index (χ4n) is 2.44. The van der Waals surface area contributed by atoms with Crippen LogP contribution in [0.2, 0.25) is 0 Å². The highest BCUT2D eigenvalue weighted by Gasteiger charge is 2.26. The Morgan fingerprint density at radius 2 is 1.88 bits per heavy atom. The average molecular weight is 237 g/mol. The predicted molar refractivity (Wildman–Crippen MR) is 72.9 cm³/mol. The molecule has 1 aliphatic rings. The molecule has 0 aromatic heterocycles. The fourth-order valence-corrected chi connectivity index (χ4v) is 2.44. The van der Waals surface area contributed by atoms with Gasteiger partial charge in [-0.15, -0.1) is 6.58 Å². The van der Waals surface area contributed by atoms with E-state index >= 15 is 0 Å². The molecule has 1 rings (SSSR count). The number of hydrogen-bond acceptors (Lipinski definition) is 1. The molecule has 0 spiro atoms. The highest BCUT2D eigenvalue weighted by atomic mass is 16.2. The zero-order valence-corrected chi connectivity index (χ0v) is 11.3. The summed E-state index contributed by atoms with van der Waals surface area (Å²) in [4.78, 5) is 13.6. The minimum Gasteiger partial charge on any atom is -0.342 e. The summed E-state index contributed by atoms with van der Waals surface area (Å²) >= 11 is 0. The van der Waals surface area contributed by atoms with Gasteiger partial charge < -0.3 is 4.90 Å². The smallest absolute Gasteiger partial charge is 0.223 e. The first-order chi connectivity index (χ1) is 8.27. The Labute approximate surface area is 106 Å². The summed E-state index contributed by atoms with van der Waals surface area (Å²) in [5.41, 5.74) is 0. The van der Waals surface area contributed by atoms with E-state index in [1.165, 1.54) is 44.9 Å². The second-order valence-corrected chi connectivity index (χ2v) is 5.16. The molecule has 1 heterocycles. The number of likely N-dealkylation sites (tertiary alicyclic amines) is 1. The average Bonchev–Trinajstić information content (AvgIpc) is 2.69. The summed E-state index contributed by atoms with van der Waals surface area (Å²) in [5, 5.41) is 0. The molecule has 1 saturated heterocycles. The van der Waals surface area contributed by atoms with E-state index in [1.807, 2.05) is 11.0 Å². The maximum absolute atomic E-state index is 11.6. The first kappa shape index (κ1) is 14.3. The van der Waals surface area contributed by atoms with E-state index in [4.69, 9.17) is 0 Å². The number of carbonyl (C=O) groups excluding carboxylic acids is 1. The first-order valence-corrected chi connectivity index (χ1v) is 7.18. The van der Waals surface area contributed by atoms with Crippen LogP contribution in [0, 0.1) is 5.92 Å². The van der Waals surface area contributed by atoms with Crippen LogP contribution in [0.4, 0.5) is 0 Å². The molecule has 2 nitrogen and oxygen atoms in total. The molecule has 98 valence electrons. The molecule has 0 aromatic carbocycles. The van der Waals surface area contributed by atoms with Gasteiger partial charge in [0.05, 0.1) is 0 Å². The van der Waals surface area contributed by atoms with E-state index < -0.39 is 0 Å². The molecule has 1 aliphatic heterocycles. The lowest BCUT2D eigenvalue weighted by Crippen LogP contribution is -2.26. The van der Waals surface area contributed by atoms with Gasteiger partial charge in [-0.05, 0) is 6.42 Å². The van der Waals surface area contributed by atoms with Crippen molar-refractivity contribution in [3.8, 4) is 0 Å². The third kappa shape index (κ3) is 5.38. The SMILES string of the molecule is C=CC1CC(=O)N(CCCCCCCCC)C1. The number of nitrogens with zero attached hydrogens (tertiary/aromatic N) is 1. The lowest BCUT2D eigenvalue weighted by atomic mass is 10.1. The molecule has 1 amide bonds. The van der Waals surface area contributed by atoms with Crippen molar-refractivity contribution in [2.45, 2.75) is 58.3 Å². The maximum Gasteiger partial charge on any atom is 0.223 e. The van der Waals surface area contributed by atoms with Gasteiger partial charge in [0.15, 0.2) is 0 Å². The van der Waals surface area contributed by atoms with Gasteiger partial charge >= 0.3 is 0 Å². The fraction of sp³-hybridized carbons (Fsp3) is 0.800. The van der Waals surface area contributed by atoms with Crippen LogP contribution in [0.15, 0.2) is 12.7 Å². The molecule has 1 atom stereocenters. The topological polar surface area (TPSA) is 20.3 Å². The second-order valence-electron chi connectivity index (χ2n) is 5.16. The van der Waals surface area contributed by atoms with Gasteiger partial charge in [0.2, 0.25) is 5.91 Å². The van der Waals surface area contributed by atoms with Gasteiger partial charge in [-0.2, -0.15) is 0 Å². The van der Waals surface area contributed by atoms with Crippen LogP contribution in [-0.4, -0.2) is 23.9 Å². The minimum atomic E-state index is 0.320. The largest absolute Gasteiger partial charge is 0.342 e. The van der Waals surface area contributed by atoms with Crippen molar-refractivity contribution in [1.29, 1.82) is 0 Å². The Balaban J connectivity index is 1.99. The number of unbranched alkanes of at least 4 members (excludes halogenated alkanes) is 6. The van der Waals surface area contributed by atoms with Gasteiger partial charge in [0.1, 0.15) is 0 Å². The van der Waals surface area contributed by atoms with Crippen molar-refractivity contribution in [3.05, 3.63) is 12.7 Å². The highest BCUT2D eigenvalue weighted by molar-refractivity contribution is 5.78. The molecule has 0 N–H and O–H groups in total. The Morgan fingerprint density at radius 1 is 1.24 bits per heavy atom. The quantitative estimate of drug-likeness (QED) is 0.441. The molecule has 0 bridgehead atoms. The van der Waals surface area contributed by atoms with E-state index in [9.17, 15) is 4.79 Å². The third-order valence-electron chi connectivity index (χ3n) is 3.61. The van der Waals surface area contributed by atoms with Crippen LogP contribution in [-0.2, 0) is 4.79 Å². The third-order valence-corrected chi connectivity index (χ3v) is 3.61. The molecule has 0 aliphatic carbocycles. The van der Waals surface area contributed by atoms with Crippen LogP contribution in [0.25, 0.3) is 0 Å². The van der Waals surface area contributed by atoms with E-state index in [-0.39, 0.29) is 0 Å². The van der Waals surface area contributed by atoms with Gasteiger partial charge in [0, 0.05) is 25.4 Å². The van der Waals surface area contributed by atoms with Crippen molar-refractivity contribution < 1.29 is 4.79 Å². The summed E-state index contributed by atoms with van der Waals surface area (Å²) in [6.45, 7) is 7.87. The molecule has 0 radical (unpaired) electrons. The molecule has 0 saturated carbocycles. The van der Waals surface area contributed by atoms with E-state index in [0.717, 1.165) is 13.1 Å². The van der Waals surface area contributed by atoms with Crippen molar-refractivity contribution in [2.24, 2.45) is 5.92 Å². The number of hydrogen-bond donors (Lipinski definition) is 0. The molecular formula is C15H27NO. The molecular weight excluding hydrogens is 210 g/mol. The zero-order valence-electron chi connectivity index (χ0n) is 11.3. The van der Waals surface area contributed by atoms with Gasteiger partial charge in [-0.25, -0.2) is 0 Å². The standard InChI is InChI=1S/C15H27NO/c1-3-5-6-7-8-9-10-11-16-13-14(4-2)12-15(16)17/h4,14H,2-3,5-13H2,1H3. The van der Waals surface area contributed by atoms with Crippen molar-refractivity contribution >= 4 is 5.91 Å². The molecule has 0 aromatic rings. The van der Waals surface area contributed by atoms with Crippen molar-refractivity contribution in [1.82, 2.24) is 4.90 Å². The summed E-state index contributed by atoms with van der Waals surface area (Å²) in [6.07, 6.45) is 11.8. The van der Waals surface area contributed by atoms with Crippen LogP contribution < -0.4 is 0 Å². The Kier molecular flexibility index (Phi) is 6.99. The van der Waals surface area contributed by atoms with Gasteiger partial charge in [-0.3, -0.25) is 4.79 Å². The summed E-state index contributed by atoms with van der Waals surface area (Å²) in [7, 11) is 0. The molecule has 1 fully saturated rings. The van der Waals surface area contributed by atoms with Gasteiger partial charge in [0.25, 0.3) is 0 Å². The number of amides is 1. The molecule has 17 heavy (non-hydrogen) atoms. The lowest BCUT2D eigenvalue weighted by Gasteiger charge is -2.15. The monoisotopic (exact) mass is 237 g/mol. The van der Waals surface area contributed by atoms with Gasteiger partial charge in [-0.1, -0.05) is 51.5 Å². The van der Waals surface area contributed by atoms with Crippen molar-refractivity contribution in [3.63, 3.8) is 0 Å². The maximum atomic E-state index is 11.6. The zero-order chi connectivity index (χ0) is 12.5. The summed E-state index contributed by atoms with van der Waals surface area (Å²) < 4.78 is 0. The first-order valence-electron chi connectivity index (χ1n) is 7.18. The van der Waals surface area contributed by atoms with Crippen LogP contribution in [0.5, 0.6) is 0 Å². The highest BCUT2D eigenvalue weighted by Crippen LogP contribution is 2.19. The molecule has 2 heteroatoms. The van der Waals surface area contributed by atoms with E-state index in [1.54, 1.807) is 0 Å². The van der Waals surface area contributed by atoms with Crippen LogP contribution in [0.1, 0.15) is 58.3 Å². The summed E-state index contributed by atoms with van der Waals surface area (Å²) in [5.74, 6) is 0.716. The Hall–Kier alpha value is -0.790.